The summed E-state index contributed by atoms with van der Waals surface area (Å²) < 4.78 is 15.1. The molecule has 164 valence electrons. The van der Waals surface area contributed by atoms with Crippen molar-refractivity contribution < 1.29 is 9.18 Å². The molecule has 5 rings (SSSR count). The van der Waals surface area contributed by atoms with Crippen molar-refractivity contribution in [3.63, 3.8) is 0 Å². The molecular weight excluding hydrogens is 427 g/mol. The Balaban J connectivity index is 1.21. The number of thiophene rings is 1. The van der Waals surface area contributed by atoms with Gasteiger partial charge in [-0.2, -0.15) is 4.98 Å². The van der Waals surface area contributed by atoms with Crippen LogP contribution in [-0.2, 0) is 6.54 Å². The first-order valence-electron chi connectivity index (χ1n) is 10.5. The van der Waals surface area contributed by atoms with Crippen LogP contribution in [0.4, 0.5) is 4.39 Å². The number of aromatic nitrogens is 4. The smallest absolute Gasteiger partial charge is 0.293 e. The van der Waals surface area contributed by atoms with Crippen molar-refractivity contribution in [2.45, 2.75) is 20.4 Å². The molecule has 1 saturated heterocycles. The van der Waals surface area contributed by atoms with Gasteiger partial charge in [-0.05, 0) is 49.7 Å². The molecule has 0 radical (unpaired) electrons. The summed E-state index contributed by atoms with van der Waals surface area (Å²) in [7, 11) is 0. The molecule has 1 aromatic carbocycles. The van der Waals surface area contributed by atoms with Gasteiger partial charge in [-0.25, -0.2) is 13.9 Å². The lowest BCUT2D eigenvalue weighted by atomic mass is 10.2. The topological polar surface area (TPSA) is 66.6 Å². The average Bonchev–Trinajstić information content (AvgIpc) is 3.41. The van der Waals surface area contributed by atoms with E-state index in [0.29, 0.717) is 18.9 Å². The lowest BCUT2D eigenvalue weighted by Gasteiger charge is -2.33. The van der Waals surface area contributed by atoms with E-state index >= 15 is 0 Å². The normalized spacial score (nSPS) is 14.9. The van der Waals surface area contributed by atoms with Crippen LogP contribution in [-0.4, -0.2) is 61.5 Å². The first-order chi connectivity index (χ1) is 15.5. The van der Waals surface area contributed by atoms with Gasteiger partial charge in [-0.15, -0.1) is 16.4 Å². The van der Waals surface area contributed by atoms with Gasteiger partial charge in [0.05, 0.1) is 0 Å². The summed E-state index contributed by atoms with van der Waals surface area (Å²) in [6.45, 7) is 7.46. The van der Waals surface area contributed by atoms with E-state index in [0.717, 1.165) is 41.5 Å². The third-order valence-corrected chi connectivity index (χ3v) is 6.74. The standard InChI is InChI=1S/C23H23FN6OS/c1-15-12-16(2)30-23(25-15)26-21(27-30)22(31)29-10-8-28(9-11-29)14-19-6-7-20(32-19)17-4-3-5-18(24)13-17/h3-7,12-13H,8-11,14H2,1-2H3. The van der Waals surface area contributed by atoms with Gasteiger partial charge >= 0.3 is 0 Å². The Morgan fingerprint density at radius 1 is 1.06 bits per heavy atom. The highest BCUT2D eigenvalue weighted by atomic mass is 32.1. The second kappa shape index (κ2) is 8.40. The van der Waals surface area contributed by atoms with Crippen LogP contribution >= 0.6 is 11.3 Å². The van der Waals surface area contributed by atoms with Crippen LogP contribution in [0.1, 0.15) is 26.9 Å². The predicted molar refractivity (Wildman–Crippen MR) is 121 cm³/mol. The first kappa shape index (κ1) is 20.7. The highest BCUT2D eigenvalue weighted by Crippen LogP contribution is 2.29. The number of halogens is 1. The Kier molecular flexibility index (Phi) is 5.44. The van der Waals surface area contributed by atoms with Crippen LogP contribution < -0.4 is 0 Å². The zero-order valence-electron chi connectivity index (χ0n) is 18.0. The van der Waals surface area contributed by atoms with Gasteiger partial charge in [-0.1, -0.05) is 12.1 Å². The number of carbonyl (C=O) groups is 1. The van der Waals surface area contributed by atoms with Gasteiger partial charge in [0.2, 0.25) is 5.82 Å². The highest BCUT2D eigenvalue weighted by molar-refractivity contribution is 7.15. The SMILES string of the molecule is Cc1cc(C)n2nc(C(=O)N3CCN(Cc4ccc(-c5cccc(F)c5)s4)CC3)nc2n1. The third-order valence-electron chi connectivity index (χ3n) is 5.62. The second-order valence-corrected chi connectivity index (χ2v) is 9.20. The molecule has 32 heavy (non-hydrogen) atoms. The number of hydrogen-bond donors (Lipinski definition) is 0. The zero-order valence-corrected chi connectivity index (χ0v) is 18.8. The minimum absolute atomic E-state index is 0.156. The Morgan fingerprint density at radius 2 is 1.88 bits per heavy atom. The summed E-state index contributed by atoms with van der Waals surface area (Å²) in [5.41, 5.74) is 2.65. The molecule has 0 unspecified atom stereocenters. The van der Waals surface area contributed by atoms with Crippen molar-refractivity contribution in [2.24, 2.45) is 0 Å². The van der Waals surface area contributed by atoms with Crippen molar-refractivity contribution >= 4 is 23.0 Å². The van der Waals surface area contributed by atoms with E-state index in [1.165, 1.54) is 10.9 Å². The summed E-state index contributed by atoms with van der Waals surface area (Å²) >= 11 is 1.68. The number of amides is 1. The molecule has 1 aliphatic heterocycles. The van der Waals surface area contributed by atoms with Crippen LogP contribution in [0.15, 0.2) is 42.5 Å². The molecule has 1 aliphatic rings. The van der Waals surface area contributed by atoms with E-state index in [-0.39, 0.29) is 17.5 Å². The minimum atomic E-state index is -0.223. The van der Waals surface area contributed by atoms with Crippen LogP contribution in [0.2, 0.25) is 0 Å². The predicted octanol–water partition coefficient (Wildman–Crippen LogP) is 3.57. The second-order valence-electron chi connectivity index (χ2n) is 8.03. The van der Waals surface area contributed by atoms with Crippen LogP contribution in [0, 0.1) is 19.7 Å². The lowest BCUT2D eigenvalue weighted by molar-refractivity contribution is 0.0618. The highest BCUT2D eigenvalue weighted by Gasteiger charge is 2.26. The summed E-state index contributed by atoms with van der Waals surface area (Å²) in [6.07, 6.45) is 0. The fraction of sp³-hybridized carbons (Fsp3) is 0.304. The monoisotopic (exact) mass is 450 g/mol. The average molecular weight is 451 g/mol. The van der Waals surface area contributed by atoms with Gasteiger partial charge in [0.25, 0.3) is 11.7 Å². The summed E-state index contributed by atoms with van der Waals surface area (Å²) in [5, 5.41) is 4.37. The minimum Gasteiger partial charge on any atom is -0.333 e. The Labute approximate surface area is 189 Å². The van der Waals surface area contributed by atoms with E-state index in [1.54, 1.807) is 32.9 Å². The van der Waals surface area contributed by atoms with Crippen molar-refractivity contribution in [3.8, 4) is 10.4 Å². The number of hydrogen-bond acceptors (Lipinski definition) is 6. The number of rotatable bonds is 4. The number of fused-ring (bicyclic) bond motifs is 1. The van der Waals surface area contributed by atoms with Gasteiger partial charge in [0.15, 0.2) is 0 Å². The molecule has 1 fully saturated rings. The van der Waals surface area contributed by atoms with Crippen LogP contribution in [0.25, 0.3) is 16.2 Å². The summed E-state index contributed by atoms with van der Waals surface area (Å²) in [6, 6.07) is 12.7. The quantitative estimate of drug-likeness (QED) is 0.476. The maximum atomic E-state index is 13.5. The molecular formula is C23H23FN6OS. The molecule has 7 nitrogen and oxygen atoms in total. The molecule has 0 N–H and O–H groups in total. The Bertz CT molecular complexity index is 1290. The molecule has 0 atom stereocenters. The molecule has 9 heteroatoms. The maximum absolute atomic E-state index is 13.5. The van der Waals surface area contributed by atoms with Gasteiger partial charge in [0.1, 0.15) is 5.82 Å². The third kappa shape index (κ3) is 4.13. The fourth-order valence-corrected chi connectivity index (χ4v) is 5.03. The molecule has 0 saturated carbocycles. The van der Waals surface area contributed by atoms with Crippen LogP contribution in [0.5, 0.6) is 0 Å². The van der Waals surface area contributed by atoms with E-state index in [1.807, 2.05) is 32.0 Å². The lowest BCUT2D eigenvalue weighted by Crippen LogP contribution is -2.48. The number of nitrogens with zero attached hydrogens (tertiary/aromatic N) is 6. The zero-order chi connectivity index (χ0) is 22.2. The van der Waals surface area contributed by atoms with Crippen molar-refractivity contribution in [1.29, 1.82) is 0 Å². The van der Waals surface area contributed by atoms with Gasteiger partial charge in [0, 0.05) is 53.9 Å². The molecule has 3 aromatic heterocycles. The van der Waals surface area contributed by atoms with E-state index in [9.17, 15) is 9.18 Å². The summed E-state index contributed by atoms with van der Waals surface area (Å²) in [4.78, 5) is 28.1. The largest absolute Gasteiger partial charge is 0.333 e. The Hall–Kier alpha value is -3.17. The molecule has 4 heterocycles. The van der Waals surface area contributed by atoms with Crippen molar-refractivity contribution in [1.82, 2.24) is 29.4 Å². The summed E-state index contributed by atoms with van der Waals surface area (Å²) in [5.74, 6) is 0.269. The van der Waals surface area contributed by atoms with E-state index < -0.39 is 0 Å². The fourth-order valence-electron chi connectivity index (χ4n) is 3.99. The van der Waals surface area contributed by atoms with Gasteiger partial charge in [-0.3, -0.25) is 9.69 Å². The molecule has 0 spiro atoms. The molecule has 0 bridgehead atoms. The number of piperazine rings is 1. The number of aryl methyl sites for hydroxylation is 2. The van der Waals surface area contributed by atoms with Crippen LogP contribution in [0.3, 0.4) is 0 Å². The van der Waals surface area contributed by atoms with Gasteiger partial charge < -0.3 is 4.90 Å². The van der Waals surface area contributed by atoms with Crippen molar-refractivity contribution in [3.05, 3.63) is 70.4 Å². The molecule has 0 aliphatic carbocycles. The Morgan fingerprint density at radius 3 is 2.66 bits per heavy atom. The van der Waals surface area contributed by atoms with E-state index in [4.69, 9.17) is 0 Å². The number of carbonyl (C=O) groups excluding carboxylic acids is 1. The molecule has 1 amide bonds. The first-order valence-corrected chi connectivity index (χ1v) is 11.4. The number of benzene rings is 1. The van der Waals surface area contributed by atoms with E-state index in [2.05, 4.69) is 26.0 Å². The maximum Gasteiger partial charge on any atom is 0.293 e. The molecule has 4 aromatic rings. The van der Waals surface area contributed by atoms with Crippen molar-refractivity contribution in [2.75, 3.05) is 26.2 Å².